The van der Waals surface area contributed by atoms with E-state index in [2.05, 4.69) is 11.1 Å². The average molecular weight is 383 g/mol. The molecule has 1 aromatic heterocycles. The summed E-state index contributed by atoms with van der Waals surface area (Å²) in [7, 11) is 0. The molecule has 1 fully saturated rings. The maximum atomic E-state index is 12.7. The maximum absolute atomic E-state index is 12.7. The first kappa shape index (κ1) is 18.7. The van der Waals surface area contributed by atoms with Crippen molar-refractivity contribution < 1.29 is 9.53 Å². The molecule has 0 N–H and O–H groups in total. The minimum absolute atomic E-state index is 0.116. The lowest BCUT2D eigenvalue weighted by Crippen LogP contribution is -2.36. The van der Waals surface area contributed by atoms with Crippen LogP contribution in [0.25, 0.3) is 0 Å². The number of amides is 1. The lowest BCUT2D eigenvalue weighted by atomic mass is 9.97. The molecule has 2 heterocycles. The van der Waals surface area contributed by atoms with Gasteiger partial charge in [-0.3, -0.25) is 9.78 Å². The summed E-state index contributed by atoms with van der Waals surface area (Å²) in [5.74, 6) is 0.760. The normalized spacial score (nSPS) is 15.6. The van der Waals surface area contributed by atoms with Crippen molar-refractivity contribution in [1.82, 2.24) is 9.88 Å². The van der Waals surface area contributed by atoms with Crippen LogP contribution in [0.2, 0.25) is 0 Å². The molecule has 1 aliphatic heterocycles. The quantitative estimate of drug-likeness (QED) is 0.631. The molecule has 1 amide bonds. The minimum Gasteiger partial charge on any atom is -0.483 e. The number of pyridine rings is 1. The number of hydrogen-bond donors (Lipinski definition) is 0. The van der Waals surface area contributed by atoms with E-state index >= 15 is 0 Å². The highest BCUT2D eigenvalue weighted by atomic mass is 16.5. The van der Waals surface area contributed by atoms with Crippen LogP contribution in [0.1, 0.15) is 41.8 Å². The number of hydrogen-bond acceptors (Lipinski definition) is 4. The molecule has 29 heavy (non-hydrogen) atoms. The Kier molecular flexibility index (Phi) is 5.53. The van der Waals surface area contributed by atoms with E-state index in [0.29, 0.717) is 24.3 Å². The highest BCUT2D eigenvalue weighted by molar-refractivity contribution is 5.78. The molecule has 5 heteroatoms. The smallest absolute Gasteiger partial charge is 0.223 e. The van der Waals surface area contributed by atoms with Crippen LogP contribution in [0.3, 0.4) is 0 Å². The van der Waals surface area contributed by atoms with E-state index in [0.717, 1.165) is 17.7 Å². The number of carbonyl (C=O) groups is 1. The van der Waals surface area contributed by atoms with E-state index in [1.807, 2.05) is 53.4 Å². The van der Waals surface area contributed by atoms with Crippen LogP contribution < -0.4 is 4.74 Å². The number of rotatable bonds is 6. The molecular weight excluding hydrogens is 362 g/mol. The molecule has 3 aromatic rings. The van der Waals surface area contributed by atoms with Crippen LogP contribution in [-0.4, -0.2) is 22.3 Å². The molecule has 0 saturated carbocycles. The number of nitrogens with zero attached hydrogens (tertiary/aromatic N) is 3. The van der Waals surface area contributed by atoms with Crippen LogP contribution in [0, 0.1) is 11.3 Å². The van der Waals surface area contributed by atoms with Gasteiger partial charge in [-0.05, 0) is 48.4 Å². The van der Waals surface area contributed by atoms with Gasteiger partial charge in [0.2, 0.25) is 5.91 Å². The van der Waals surface area contributed by atoms with Crippen molar-refractivity contribution in [2.24, 2.45) is 0 Å². The molecule has 0 spiro atoms. The molecule has 1 aliphatic rings. The van der Waals surface area contributed by atoms with E-state index in [4.69, 9.17) is 10.00 Å². The van der Waals surface area contributed by atoms with E-state index in [1.54, 1.807) is 30.5 Å². The predicted octanol–water partition coefficient (Wildman–Crippen LogP) is 4.44. The largest absolute Gasteiger partial charge is 0.483 e. The molecule has 2 aromatic carbocycles. The number of nitriles is 1. The molecule has 5 nitrogen and oxygen atoms in total. The third-order valence-corrected chi connectivity index (χ3v) is 5.10. The Morgan fingerprint density at radius 1 is 1.00 bits per heavy atom. The molecule has 0 aliphatic carbocycles. The van der Waals surface area contributed by atoms with Gasteiger partial charge in [0.15, 0.2) is 0 Å². The summed E-state index contributed by atoms with van der Waals surface area (Å²) < 4.78 is 6.43. The number of aromatic nitrogens is 1. The van der Waals surface area contributed by atoms with Crippen LogP contribution in [0.4, 0.5) is 0 Å². The zero-order chi connectivity index (χ0) is 20.1. The third-order valence-electron chi connectivity index (χ3n) is 5.10. The predicted molar refractivity (Wildman–Crippen MR) is 109 cm³/mol. The van der Waals surface area contributed by atoms with Gasteiger partial charge in [0, 0.05) is 19.2 Å². The summed E-state index contributed by atoms with van der Waals surface area (Å²) in [4.78, 5) is 19.1. The number of ether oxygens (including phenoxy) is 1. The van der Waals surface area contributed by atoms with Crippen LogP contribution in [-0.2, 0) is 4.79 Å². The SMILES string of the molecule is N#Cc1ccc(O[C@H](c2ccccc2)[C@H](c2ccccn2)N2CCCC2=O)cc1. The molecule has 2 atom stereocenters. The van der Waals surface area contributed by atoms with Crippen molar-refractivity contribution in [3.8, 4) is 11.8 Å². The first-order chi connectivity index (χ1) is 14.3. The third kappa shape index (κ3) is 4.12. The molecule has 1 saturated heterocycles. The van der Waals surface area contributed by atoms with Gasteiger partial charge < -0.3 is 9.64 Å². The summed E-state index contributed by atoms with van der Waals surface area (Å²) >= 11 is 0. The van der Waals surface area contributed by atoms with Crippen molar-refractivity contribution in [2.45, 2.75) is 25.0 Å². The summed E-state index contributed by atoms with van der Waals surface area (Å²) in [5, 5.41) is 9.05. The fourth-order valence-corrected chi connectivity index (χ4v) is 3.70. The summed E-state index contributed by atoms with van der Waals surface area (Å²) in [5.41, 5.74) is 2.34. The Labute approximate surface area is 170 Å². The van der Waals surface area contributed by atoms with Crippen LogP contribution in [0.5, 0.6) is 5.75 Å². The second-order valence-corrected chi connectivity index (χ2v) is 6.98. The van der Waals surface area contributed by atoms with E-state index in [9.17, 15) is 4.79 Å². The molecular formula is C24H21N3O2. The first-order valence-electron chi connectivity index (χ1n) is 9.68. The Balaban J connectivity index is 1.77. The van der Waals surface area contributed by atoms with Crippen molar-refractivity contribution in [2.75, 3.05) is 6.54 Å². The molecule has 0 radical (unpaired) electrons. The molecule has 4 rings (SSSR count). The Bertz CT molecular complexity index is 998. The van der Waals surface area contributed by atoms with Crippen molar-refractivity contribution in [1.29, 1.82) is 5.26 Å². The highest BCUT2D eigenvalue weighted by Crippen LogP contribution is 2.39. The highest BCUT2D eigenvalue weighted by Gasteiger charge is 2.37. The second kappa shape index (κ2) is 8.57. The molecule has 144 valence electrons. The van der Waals surface area contributed by atoms with Crippen LogP contribution in [0.15, 0.2) is 79.0 Å². The zero-order valence-electron chi connectivity index (χ0n) is 15.9. The maximum Gasteiger partial charge on any atom is 0.223 e. The van der Waals surface area contributed by atoms with Gasteiger partial charge in [0.1, 0.15) is 17.9 Å². The Hall–Kier alpha value is -3.65. The van der Waals surface area contributed by atoms with Gasteiger partial charge in [-0.2, -0.15) is 5.26 Å². The standard InChI is InChI=1S/C24H21N3O2/c25-17-18-11-13-20(14-12-18)29-24(19-7-2-1-3-8-19)23(21-9-4-5-15-26-21)27-16-6-10-22(27)28/h1-5,7-9,11-15,23-24H,6,10,16H2/t23-,24+/m0/s1. The van der Waals surface area contributed by atoms with Crippen molar-refractivity contribution >= 4 is 5.91 Å². The lowest BCUT2D eigenvalue weighted by Gasteiger charge is -2.34. The van der Waals surface area contributed by atoms with Gasteiger partial charge >= 0.3 is 0 Å². The van der Waals surface area contributed by atoms with Crippen LogP contribution >= 0.6 is 0 Å². The topological polar surface area (TPSA) is 66.2 Å². The molecule has 0 bridgehead atoms. The van der Waals surface area contributed by atoms with E-state index < -0.39 is 6.10 Å². The zero-order valence-corrected chi connectivity index (χ0v) is 15.9. The Morgan fingerprint density at radius 3 is 2.38 bits per heavy atom. The number of likely N-dealkylation sites (tertiary alicyclic amines) is 1. The summed E-state index contributed by atoms with van der Waals surface area (Å²) in [6.07, 6.45) is 2.69. The second-order valence-electron chi connectivity index (χ2n) is 6.98. The first-order valence-corrected chi connectivity index (χ1v) is 9.68. The van der Waals surface area contributed by atoms with Gasteiger partial charge in [-0.1, -0.05) is 36.4 Å². The van der Waals surface area contributed by atoms with Crippen molar-refractivity contribution in [3.05, 3.63) is 95.8 Å². The van der Waals surface area contributed by atoms with E-state index in [-0.39, 0.29) is 11.9 Å². The van der Waals surface area contributed by atoms with Gasteiger partial charge in [-0.25, -0.2) is 0 Å². The monoisotopic (exact) mass is 383 g/mol. The summed E-state index contributed by atoms with van der Waals surface area (Å²) in [6.45, 7) is 0.681. The molecule has 0 unspecified atom stereocenters. The van der Waals surface area contributed by atoms with Gasteiger partial charge in [-0.15, -0.1) is 0 Å². The lowest BCUT2D eigenvalue weighted by molar-refractivity contribution is -0.132. The van der Waals surface area contributed by atoms with Gasteiger partial charge in [0.25, 0.3) is 0 Å². The summed E-state index contributed by atoms with van der Waals surface area (Å²) in [6, 6.07) is 24.4. The van der Waals surface area contributed by atoms with Gasteiger partial charge in [0.05, 0.1) is 17.3 Å². The Morgan fingerprint density at radius 2 is 1.76 bits per heavy atom. The fraction of sp³-hybridized carbons (Fsp3) is 0.208. The minimum atomic E-state index is -0.430. The van der Waals surface area contributed by atoms with E-state index in [1.165, 1.54) is 0 Å². The van der Waals surface area contributed by atoms with Crippen molar-refractivity contribution in [3.63, 3.8) is 0 Å². The number of benzene rings is 2. The number of carbonyl (C=O) groups excluding carboxylic acids is 1. The average Bonchev–Trinajstić information content (AvgIpc) is 3.20. The fourth-order valence-electron chi connectivity index (χ4n) is 3.70.